The summed E-state index contributed by atoms with van der Waals surface area (Å²) in [6, 6.07) is 0. The third-order valence-corrected chi connectivity index (χ3v) is 2.15. The highest BCUT2D eigenvalue weighted by Gasteiger charge is 2.26. The van der Waals surface area contributed by atoms with Crippen LogP contribution in [0.1, 0.15) is 17.0 Å². The smallest absolute Gasteiger partial charge is 0.407 e. The molecule has 0 fully saturated rings. The van der Waals surface area contributed by atoms with Gasteiger partial charge in [0.2, 0.25) is 0 Å². The molecule has 1 aromatic rings. The van der Waals surface area contributed by atoms with Crippen LogP contribution in [0.2, 0.25) is 0 Å². The predicted molar refractivity (Wildman–Crippen MR) is 46.0 cm³/mol. The minimum absolute atomic E-state index is 0.370. The zero-order chi connectivity index (χ0) is 9.42. The van der Waals surface area contributed by atoms with E-state index in [1.807, 2.05) is 0 Å². The average molecular weight is 179 g/mol. The van der Waals surface area contributed by atoms with Gasteiger partial charge in [0.25, 0.3) is 0 Å². The van der Waals surface area contributed by atoms with E-state index in [0.717, 1.165) is 17.0 Å². The number of aromatic nitrogens is 2. The highest BCUT2D eigenvalue weighted by molar-refractivity contribution is 5.67. The summed E-state index contributed by atoms with van der Waals surface area (Å²) in [4.78, 5) is 11.9. The Morgan fingerprint density at radius 3 is 3.08 bits per heavy atom. The van der Waals surface area contributed by atoms with Crippen LogP contribution in [0.25, 0.3) is 6.08 Å². The molecule has 2 heterocycles. The van der Waals surface area contributed by atoms with Gasteiger partial charge in [0.1, 0.15) is 0 Å². The van der Waals surface area contributed by atoms with Crippen molar-refractivity contribution in [3.05, 3.63) is 23.5 Å². The third kappa shape index (κ3) is 1.09. The monoisotopic (exact) mass is 179 g/mol. The molecule has 0 unspecified atom stereocenters. The van der Waals surface area contributed by atoms with Crippen molar-refractivity contribution in [3.8, 4) is 0 Å². The molecule has 5 nitrogen and oxygen atoms in total. The predicted octanol–water partition coefficient (Wildman–Crippen LogP) is 1.05. The van der Waals surface area contributed by atoms with Gasteiger partial charge < -0.3 is 5.11 Å². The molecule has 1 amide bonds. The van der Waals surface area contributed by atoms with Gasteiger partial charge in [0.15, 0.2) is 0 Å². The minimum atomic E-state index is -0.909. The minimum Gasteiger partial charge on any atom is -0.465 e. The Morgan fingerprint density at radius 1 is 1.69 bits per heavy atom. The maximum atomic E-state index is 10.6. The van der Waals surface area contributed by atoms with Gasteiger partial charge in [-0.3, -0.25) is 10.00 Å². The first-order valence-corrected chi connectivity index (χ1v) is 3.89. The standard InChI is InChI=1S/C8H9N3O2/c1-2-6-5-3-11(8(12)13)4-7(5)10-9-6/h2H,1,3-4H2,(H,9,10)(H,12,13). The van der Waals surface area contributed by atoms with Crippen LogP contribution in [-0.2, 0) is 13.1 Å². The van der Waals surface area contributed by atoms with E-state index in [9.17, 15) is 4.79 Å². The van der Waals surface area contributed by atoms with Gasteiger partial charge in [-0.2, -0.15) is 5.10 Å². The third-order valence-electron chi connectivity index (χ3n) is 2.15. The van der Waals surface area contributed by atoms with Crippen molar-refractivity contribution < 1.29 is 9.90 Å². The second kappa shape index (κ2) is 2.62. The normalized spacial score (nSPS) is 14.3. The number of fused-ring (bicyclic) bond motifs is 1. The van der Waals surface area contributed by atoms with Gasteiger partial charge in [0.05, 0.1) is 24.5 Å². The van der Waals surface area contributed by atoms with E-state index in [1.54, 1.807) is 6.08 Å². The van der Waals surface area contributed by atoms with Crippen molar-refractivity contribution in [3.63, 3.8) is 0 Å². The fourth-order valence-electron chi connectivity index (χ4n) is 1.46. The van der Waals surface area contributed by atoms with Crippen molar-refractivity contribution in [2.45, 2.75) is 13.1 Å². The van der Waals surface area contributed by atoms with Crippen LogP contribution in [0.5, 0.6) is 0 Å². The first-order valence-electron chi connectivity index (χ1n) is 3.89. The summed E-state index contributed by atoms with van der Waals surface area (Å²) >= 11 is 0. The number of amides is 1. The number of rotatable bonds is 1. The Morgan fingerprint density at radius 2 is 2.46 bits per heavy atom. The van der Waals surface area contributed by atoms with Crippen LogP contribution < -0.4 is 0 Å². The summed E-state index contributed by atoms with van der Waals surface area (Å²) in [6.45, 7) is 4.39. The molecule has 2 N–H and O–H groups in total. The van der Waals surface area contributed by atoms with Crippen molar-refractivity contribution >= 4 is 12.2 Å². The zero-order valence-electron chi connectivity index (χ0n) is 6.95. The second-order valence-corrected chi connectivity index (χ2v) is 2.91. The lowest BCUT2D eigenvalue weighted by atomic mass is 10.2. The van der Waals surface area contributed by atoms with E-state index in [2.05, 4.69) is 16.8 Å². The summed E-state index contributed by atoms with van der Waals surface area (Å²) in [7, 11) is 0. The first-order chi connectivity index (χ1) is 6.22. The molecule has 0 atom stereocenters. The molecule has 0 saturated heterocycles. The number of nitrogens with one attached hydrogen (secondary N) is 1. The summed E-state index contributed by atoms with van der Waals surface area (Å²) in [6.07, 6.45) is 0.741. The molecule has 0 bridgehead atoms. The Hall–Kier alpha value is -1.78. The average Bonchev–Trinajstić information content (AvgIpc) is 2.60. The molecule has 13 heavy (non-hydrogen) atoms. The second-order valence-electron chi connectivity index (χ2n) is 2.91. The quantitative estimate of drug-likeness (QED) is 0.676. The van der Waals surface area contributed by atoms with E-state index in [-0.39, 0.29) is 0 Å². The summed E-state index contributed by atoms with van der Waals surface area (Å²) in [5, 5.41) is 15.5. The Balaban J connectivity index is 2.30. The SMILES string of the molecule is C=Cc1[nH]nc2c1CN(C(=O)O)C2. The molecule has 68 valence electrons. The van der Waals surface area contributed by atoms with Gasteiger partial charge in [-0.05, 0) is 6.08 Å². The summed E-state index contributed by atoms with van der Waals surface area (Å²) in [5.41, 5.74) is 2.56. The lowest BCUT2D eigenvalue weighted by molar-refractivity contribution is 0.144. The topological polar surface area (TPSA) is 69.2 Å². The number of nitrogens with zero attached hydrogens (tertiary/aromatic N) is 2. The van der Waals surface area contributed by atoms with E-state index in [4.69, 9.17) is 5.11 Å². The Labute approximate surface area is 74.7 Å². The fraction of sp³-hybridized carbons (Fsp3) is 0.250. The molecule has 1 aliphatic heterocycles. The van der Waals surface area contributed by atoms with Gasteiger partial charge in [-0.1, -0.05) is 6.58 Å². The first kappa shape index (κ1) is 7.85. The molecule has 0 aromatic carbocycles. The lowest BCUT2D eigenvalue weighted by Crippen LogP contribution is -2.23. The van der Waals surface area contributed by atoms with E-state index in [1.165, 1.54) is 4.90 Å². The molecular weight excluding hydrogens is 170 g/mol. The molecule has 5 heteroatoms. The Kier molecular flexibility index (Phi) is 1.58. The van der Waals surface area contributed by atoms with Crippen LogP contribution in [0.15, 0.2) is 6.58 Å². The van der Waals surface area contributed by atoms with Crippen LogP contribution in [-0.4, -0.2) is 26.3 Å². The van der Waals surface area contributed by atoms with Crippen LogP contribution in [0, 0.1) is 0 Å². The number of hydrogen-bond acceptors (Lipinski definition) is 2. The van der Waals surface area contributed by atoms with Crippen molar-refractivity contribution in [2.24, 2.45) is 0 Å². The highest BCUT2D eigenvalue weighted by Crippen LogP contribution is 2.23. The summed E-state index contributed by atoms with van der Waals surface area (Å²) in [5.74, 6) is 0. The van der Waals surface area contributed by atoms with E-state index in [0.29, 0.717) is 13.1 Å². The highest BCUT2D eigenvalue weighted by atomic mass is 16.4. The zero-order valence-corrected chi connectivity index (χ0v) is 6.95. The van der Waals surface area contributed by atoms with E-state index >= 15 is 0 Å². The fourth-order valence-corrected chi connectivity index (χ4v) is 1.46. The van der Waals surface area contributed by atoms with Crippen molar-refractivity contribution in [1.82, 2.24) is 15.1 Å². The molecule has 0 aliphatic carbocycles. The van der Waals surface area contributed by atoms with Gasteiger partial charge in [-0.15, -0.1) is 0 Å². The van der Waals surface area contributed by atoms with Gasteiger partial charge in [0, 0.05) is 5.56 Å². The molecule has 0 saturated carbocycles. The van der Waals surface area contributed by atoms with Gasteiger partial charge >= 0.3 is 6.09 Å². The maximum Gasteiger partial charge on any atom is 0.407 e. The molecule has 1 aliphatic rings. The van der Waals surface area contributed by atoms with Crippen molar-refractivity contribution in [1.29, 1.82) is 0 Å². The maximum absolute atomic E-state index is 10.6. The number of hydrogen-bond donors (Lipinski definition) is 2. The molecule has 2 rings (SSSR count). The molecule has 0 spiro atoms. The number of H-pyrrole nitrogens is 1. The van der Waals surface area contributed by atoms with E-state index < -0.39 is 6.09 Å². The van der Waals surface area contributed by atoms with Crippen LogP contribution >= 0.6 is 0 Å². The van der Waals surface area contributed by atoms with Gasteiger partial charge in [-0.25, -0.2) is 4.79 Å². The van der Waals surface area contributed by atoms with Crippen LogP contribution in [0.4, 0.5) is 4.79 Å². The molecule has 0 radical (unpaired) electrons. The number of carbonyl (C=O) groups is 1. The number of aromatic amines is 1. The molecule has 1 aromatic heterocycles. The largest absolute Gasteiger partial charge is 0.465 e. The van der Waals surface area contributed by atoms with Crippen LogP contribution in [0.3, 0.4) is 0 Å². The number of carboxylic acid groups (broad SMARTS) is 1. The van der Waals surface area contributed by atoms with Crippen molar-refractivity contribution in [2.75, 3.05) is 0 Å². The Bertz CT molecular complexity index is 369. The summed E-state index contributed by atoms with van der Waals surface area (Å²) < 4.78 is 0. The lowest BCUT2D eigenvalue weighted by Gasteiger charge is -2.09. The molecular formula is C8H9N3O2.